The van der Waals surface area contributed by atoms with Crippen LogP contribution in [-0.2, 0) is 0 Å². The molecule has 9 heteroatoms. The van der Waals surface area contributed by atoms with Crippen LogP contribution in [0.2, 0.25) is 0 Å². The number of ether oxygens (including phenoxy) is 3. The fourth-order valence-electron chi connectivity index (χ4n) is 4.25. The van der Waals surface area contributed by atoms with Crippen molar-refractivity contribution in [3.8, 4) is 39.8 Å². The summed E-state index contributed by atoms with van der Waals surface area (Å²) in [6.07, 6.45) is 1.38. The average Bonchev–Trinajstić information content (AvgIpc) is 3.37. The second-order valence-corrected chi connectivity index (χ2v) is 8.29. The van der Waals surface area contributed by atoms with E-state index < -0.39 is 0 Å². The molecule has 0 aliphatic carbocycles. The minimum Gasteiger partial charge on any atom is -0.497 e. The summed E-state index contributed by atoms with van der Waals surface area (Å²) in [4.78, 5) is 18.9. The van der Waals surface area contributed by atoms with Crippen molar-refractivity contribution < 1.29 is 28.6 Å². The lowest BCUT2D eigenvalue weighted by Crippen LogP contribution is -2.45. The first kappa shape index (κ1) is 24.4. The predicted molar refractivity (Wildman–Crippen MR) is 130 cm³/mol. The average molecular weight is 482 g/mol. The van der Waals surface area contributed by atoms with Gasteiger partial charge in [0.2, 0.25) is 0 Å². The Kier molecular flexibility index (Phi) is 7.45. The molecule has 35 heavy (non-hydrogen) atoms. The number of methoxy groups -OCH3 is 3. The molecule has 1 aromatic heterocycles. The topological polar surface area (TPSA) is 97.5 Å². The number of aromatic nitrogens is 1. The molecule has 0 atom stereocenters. The molecule has 3 aromatic rings. The third-order valence-electron chi connectivity index (χ3n) is 6.29. The minimum absolute atomic E-state index is 0.0544. The van der Waals surface area contributed by atoms with Crippen LogP contribution in [0.4, 0.5) is 4.79 Å². The van der Waals surface area contributed by atoms with Crippen molar-refractivity contribution in [2.45, 2.75) is 25.7 Å². The number of hydrogen-bond acceptors (Lipinski definition) is 7. The third kappa shape index (κ3) is 5.05. The van der Waals surface area contributed by atoms with E-state index in [1.807, 2.05) is 42.5 Å². The molecule has 0 radical (unpaired) electrons. The highest BCUT2D eigenvalue weighted by Gasteiger charge is 2.30. The Labute approximate surface area is 204 Å². The standard InChI is InChI=1S/C26H31N3O6/c1-5-29(31)26(30)28-14-12-18(13-15-28)25-27-23(17-6-9-20(32-2)10-7-17)24(35-25)19-8-11-21(33-3)22(16-19)34-4/h6-11,16,18,31H,5,12-15H2,1-4H3. The van der Waals surface area contributed by atoms with Gasteiger partial charge in [0.05, 0.1) is 21.3 Å². The molecule has 1 N–H and O–H groups in total. The molecule has 1 aliphatic rings. The lowest BCUT2D eigenvalue weighted by Gasteiger charge is -2.32. The quantitative estimate of drug-likeness (QED) is 0.373. The first-order valence-corrected chi connectivity index (χ1v) is 11.6. The number of benzene rings is 2. The fraction of sp³-hybridized carbons (Fsp3) is 0.385. The number of nitrogens with zero attached hydrogens (tertiary/aromatic N) is 3. The van der Waals surface area contributed by atoms with Gasteiger partial charge in [0, 0.05) is 36.7 Å². The maximum Gasteiger partial charge on any atom is 0.343 e. The Morgan fingerprint density at radius 3 is 2.29 bits per heavy atom. The van der Waals surface area contributed by atoms with Gasteiger partial charge in [-0.3, -0.25) is 5.21 Å². The largest absolute Gasteiger partial charge is 0.497 e. The van der Waals surface area contributed by atoms with E-state index in [1.54, 1.807) is 33.2 Å². The summed E-state index contributed by atoms with van der Waals surface area (Å²) in [5.41, 5.74) is 2.44. The van der Waals surface area contributed by atoms with Crippen molar-refractivity contribution in [1.82, 2.24) is 14.9 Å². The third-order valence-corrected chi connectivity index (χ3v) is 6.29. The Bertz CT molecular complexity index is 1150. The first-order chi connectivity index (χ1) is 17.0. The SMILES string of the molecule is CCN(O)C(=O)N1CCC(c2nc(-c3ccc(OC)cc3)c(-c3ccc(OC)c(OC)c3)o2)CC1. The summed E-state index contributed by atoms with van der Waals surface area (Å²) in [5, 5.41) is 10.5. The Morgan fingerprint density at radius 1 is 1.03 bits per heavy atom. The molecule has 4 rings (SSSR count). The van der Waals surface area contributed by atoms with Crippen LogP contribution >= 0.6 is 0 Å². The predicted octanol–water partition coefficient (Wildman–Crippen LogP) is 5.04. The highest BCUT2D eigenvalue weighted by atomic mass is 16.5. The second-order valence-electron chi connectivity index (χ2n) is 8.29. The second kappa shape index (κ2) is 10.7. The van der Waals surface area contributed by atoms with Gasteiger partial charge in [-0.15, -0.1) is 0 Å². The summed E-state index contributed by atoms with van der Waals surface area (Å²) in [6, 6.07) is 12.9. The van der Waals surface area contributed by atoms with Crippen LogP contribution in [0, 0.1) is 0 Å². The van der Waals surface area contributed by atoms with Crippen molar-refractivity contribution in [3.63, 3.8) is 0 Å². The van der Waals surface area contributed by atoms with Crippen LogP contribution in [-0.4, -0.2) is 67.1 Å². The number of carbonyl (C=O) groups excluding carboxylic acids is 1. The van der Waals surface area contributed by atoms with E-state index >= 15 is 0 Å². The molecule has 1 aliphatic heterocycles. The van der Waals surface area contributed by atoms with Gasteiger partial charge in [0.25, 0.3) is 0 Å². The number of hydrogen-bond donors (Lipinski definition) is 1. The Morgan fingerprint density at radius 2 is 1.69 bits per heavy atom. The van der Waals surface area contributed by atoms with E-state index in [0.717, 1.165) is 27.6 Å². The summed E-state index contributed by atoms with van der Waals surface area (Å²) in [6.45, 7) is 3.02. The van der Waals surface area contributed by atoms with Crippen LogP contribution in [0.5, 0.6) is 17.2 Å². The van der Waals surface area contributed by atoms with E-state index in [-0.39, 0.29) is 18.5 Å². The van der Waals surface area contributed by atoms with Gasteiger partial charge in [0.15, 0.2) is 23.1 Å². The van der Waals surface area contributed by atoms with E-state index in [9.17, 15) is 10.0 Å². The molecule has 0 bridgehead atoms. The van der Waals surface area contributed by atoms with E-state index in [0.29, 0.717) is 49.1 Å². The van der Waals surface area contributed by atoms with Crippen molar-refractivity contribution in [1.29, 1.82) is 0 Å². The van der Waals surface area contributed by atoms with Gasteiger partial charge >= 0.3 is 6.03 Å². The van der Waals surface area contributed by atoms with Gasteiger partial charge in [-0.25, -0.2) is 14.8 Å². The molecule has 1 fully saturated rings. The van der Waals surface area contributed by atoms with E-state index in [2.05, 4.69) is 0 Å². The Balaban J connectivity index is 1.67. The molecule has 2 amide bonds. The lowest BCUT2D eigenvalue weighted by molar-refractivity contribution is -0.0543. The first-order valence-electron chi connectivity index (χ1n) is 11.6. The van der Waals surface area contributed by atoms with Crippen LogP contribution in [0.25, 0.3) is 22.6 Å². The van der Waals surface area contributed by atoms with Crippen LogP contribution in [0.1, 0.15) is 31.6 Å². The number of carbonyl (C=O) groups is 1. The fourth-order valence-corrected chi connectivity index (χ4v) is 4.25. The number of rotatable bonds is 7. The summed E-state index contributed by atoms with van der Waals surface area (Å²) < 4.78 is 22.6. The zero-order valence-electron chi connectivity index (χ0n) is 20.5. The zero-order valence-corrected chi connectivity index (χ0v) is 20.5. The van der Waals surface area contributed by atoms with Crippen LogP contribution in [0.3, 0.4) is 0 Å². The van der Waals surface area contributed by atoms with Gasteiger partial charge in [-0.2, -0.15) is 0 Å². The molecular weight excluding hydrogens is 450 g/mol. The number of amides is 2. The van der Waals surface area contributed by atoms with Gasteiger partial charge in [0.1, 0.15) is 11.4 Å². The highest BCUT2D eigenvalue weighted by Crippen LogP contribution is 2.40. The minimum atomic E-state index is -0.372. The molecule has 0 saturated carbocycles. The van der Waals surface area contributed by atoms with Crippen LogP contribution in [0.15, 0.2) is 46.9 Å². The molecule has 0 unspecified atom stereocenters. The van der Waals surface area contributed by atoms with Gasteiger partial charge in [-0.05, 0) is 62.2 Å². The zero-order chi connectivity index (χ0) is 24.9. The number of urea groups is 1. The van der Waals surface area contributed by atoms with E-state index in [1.165, 1.54) is 0 Å². The molecule has 2 heterocycles. The molecule has 9 nitrogen and oxygen atoms in total. The highest BCUT2D eigenvalue weighted by molar-refractivity contribution is 5.78. The van der Waals surface area contributed by atoms with Crippen LogP contribution < -0.4 is 14.2 Å². The Hall–Kier alpha value is -3.72. The smallest absolute Gasteiger partial charge is 0.343 e. The van der Waals surface area contributed by atoms with Gasteiger partial charge < -0.3 is 23.5 Å². The maximum atomic E-state index is 12.3. The number of hydroxylamine groups is 2. The molecule has 186 valence electrons. The molecule has 1 saturated heterocycles. The van der Waals surface area contributed by atoms with Crippen molar-refractivity contribution >= 4 is 6.03 Å². The van der Waals surface area contributed by atoms with E-state index in [4.69, 9.17) is 23.6 Å². The maximum absolute atomic E-state index is 12.3. The normalized spacial score (nSPS) is 14.0. The number of piperidine rings is 1. The lowest BCUT2D eigenvalue weighted by atomic mass is 9.97. The van der Waals surface area contributed by atoms with Crippen molar-refractivity contribution in [2.75, 3.05) is 41.0 Å². The van der Waals surface area contributed by atoms with Crippen molar-refractivity contribution in [3.05, 3.63) is 48.4 Å². The number of oxazole rings is 1. The molecule has 0 spiro atoms. The monoisotopic (exact) mass is 481 g/mol. The number of likely N-dealkylation sites (tertiary alicyclic amines) is 1. The molecule has 2 aromatic carbocycles. The summed E-state index contributed by atoms with van der Waals surface area (Å²) in [5.74, 6) is 3.30. The molecular formula is C26H31N3O6. The van der Waals surface area contributed by atoms with Gasteiger partial charge in [-0.1, -0.05) is 0 Å². The summed E-state index contributed by atoms with van der Waals surface area (Å²) >= 11 is 0. The summed E-state index contributed by atoms with van der Waals surface area (Å²) in [7, 11) is 4.82. The van der Waals surface area contributed by atoms with Crippen molar-refractivity contribution in [2.24, 2.45) is 0 Å².